The van der Waals surface area contributed by atoms with Gasteiger partial charge in [-0.05, 0) is 49.7 Å². The van der Waals surface area contributed by atoms with E-state index in [2.05, 4.69) is 15.5 Å². The molecule has 0 saturated carbocycles. The fraction of sp³-hybridized carbons (Fsp3) is 0.409. The van der Waals surface area contributed by atoms with E-state index in [1.165, 1.54) is 0 Å². The summed E-state index contributed by atoms with van der Waals surface area (Å²) in [6.07, 6.45) is 1.17. The fourth-order valence-electron chi connectivity index (χ4n) is 4.22. The number of methoxy groups -OCH3 is 1. The number of hydrogen-bond donors (Lipinski definition) is 2. The molecule has 4 rings (SSSR count). The van der Waals surface area contributed by atoms with Crippen LogP contribution in [0, 0.1) is 0 Å². The van der Waals surface area contributed by atoms with Crippen molar-refractivity contribution in [1.82, 2.24) is 20.4 Å². The van der Waals surface area contributed by atoms with Crippen LogP contribution in [0.4, 0.5) is 4.79 Å². The number of ether oxygens (including phenoxy) is 1. The maximum Gasteiger partial charge on any atom is 0.322 e. The minimum absolute atomic E-state index is 0.145. The van der Waals surface area contributed by atoms with Gasteiger partial charge in [0.15, 0.2) is 0 Å². The SMILES string of the molecule is COc1ccc2c(c1)C(=O)N(C[C@](C)(NC(=O)NC=O)c1cc3c(o1)CN(C)CC3)C2. The van der Waals surface area contributed by atoms with Crippen LogP contribution in [0.25, 0.3) is 0 Å². The number of fused-ring (bicyclic) bond motifs is 2. The van der Waals surface area contributed by atoms with Gasteiger partial charge in [0.05, 0.1) is 20.2 Å². The van der Waals surface area contributed by atoms with Crippen molar-refractivity contribution < 1.29 is 23.5 Å². The first kappa shape index (κ1) is 20.9. The van der Waals surface area contributed by atoms with E-state index in [-0.39, 0.29) is 12.5 Å². The third kappa shape index (κ3) is 4.00. The summed E-state index contributed by atoms with van der Waals surface area (Å²) in [5.74, 6) is 1.88. The lowest BCUT2D eigenvalue weighted by atomic mass is 9.96. The molecule has 2 aromatic rings. The Morgan fingerprint density at radius 2 is 2.10 bits per heavy atom. The lowest BCUT2D eigenvalue weighted by molar-refractivity contribution is -0.108. The van der Waals surface area contributed by atoms with Gasteiger partial charge in [-0.3, -0.25) is 19.8 Å². The zero-order valence-corrected chi connectivity index (χ0v) is 17.9. The molecule has 0 fully saturated rings. The molecule has 1 aromatic heterocycles. The highest BCUT2D eigenvalue weighted by Crippen LogP contribution is 2.33. The summed E-state index contributed by atoms with van der Waals surface area (Å²) in [4.78, 5) is 39.9. The third-order valence-corrected chi connectivity index (χ3v) is 5.90. The molecule has 0 unspecified atom stereocenters. The first-order valence-electron chi connectivity index (χ1n) is 10.1. The van der Waals surface area contributed by atoms with E-state index in [1.807, 2.05) is 25.2 Å². The Hall–Kier alpha value is -3.33. The summed E-state index contributed by atoms with van der Waals surface area (Å²) >= 11 is 0. The summed E-state index contributed by atoms with van der Waals surface area (Å²) in [5.41, 5.74) is 1.54. The number of urea groups is 1. The number of nitrogens with zero attached hydrogens (tertiary/aromatic N) is 2. The van der Waals surface area contributed by atoms with E-state index in [1.54, 1.807) is 25.0 Å². The minimum atomic E-state index is -1.04. The molecule has 1 aromatic carbocycles. The van der Waals surface area contributed by atoms with Crippen molar-refractivity contribution in [3.63, 3.8) is 0 Å². The lowest BCUT2D eigenvalue weighted by Gasteiger charge is -2.32. The number of benzene rings is 1. The second-order valence-corrected chi connectivity index (χ2v) is 8.28. The third-order valence-electron chi connectivity index (χ3n) is 5.90. The molecule has 164 valence electrons. The Kier molecular flexibility index (Phi) is 5.45. The summed E-state index contributed by atoms with van der Waals surface area (Å²) in [6, 6.07) is 6.71. The van der Waals surface area contributed by atoms with Crippen molar-refractivity contribution in [1.29, 1.82) is 0 Å². The van der Waals surface area contributed by atoms with Gasteiger partial charge in [-0.25, -0.2) is 4.79 Å². The Balaban J connectivity index is 1.63. The highest BCUT2D eigenvalue weighted by Gasteiger charge is 2.40. The molecule has 1 atom stereocenters. The van der Waals surface area contributed by atoms with E-state index in [4.69, 9.17) is 9.15 Å². The van der Waals surface area contributed by atoms with Crippen LogP contribution < -0.4 is 15.4 Å². The highest BCUT2D eigenvalue weighted by atomic mass is 16.5. The second-order valence-electron chi connectivity index (χ2n) is 8.28. The van der Waals surface area contributed by atoms with Crippen LogP contribution in [0.2, 0.25) is 0 Å². The predicted molar refractivity (Wildman–Crippen MR) is 112 cm³/mol. The number of carbonyl (C=O) groups is 3. The van der Waals surface area contributed by atoms with Crippen molar-refractivity contribution in [2.75, 3.05) is 27.2 Å². The fourth-order valence-corrected chi connectivity index (χ4v) is 4.22. The molecule has 3 heterocycles. The second kappa shape index (κ2) is 8.07. The Morgan fingerprint density at radius 3 is 2.84 bits per heavy atom. The molecule has 4 amide bonds. The van der Waals surface area contributed by atoms with Crippen LogP contribution in [0.15, 0.2) is 28.7 Å². The molecule has 2 aliphatic rings. The standard InChI is InChI=1S/C22H26N4O5/c1-22(24-21(29)23-13-27,19-8-14-6-7-25(2)11-18(14)31-19)12-26-10-15-4-5-16(30-3)9-17(15)20(26)28/h4-5,8-9,13H,6-7,10-12H2,1-3H3,(H2,23,24,27,29)/t22-/m0/s1. The van der Waals surface area contributed by atoms with Crippen LogP contribution in [0.1, 0.15) is 39.9 Å². The van der Waals surface area contributed by atoms with E-state index in [9.17, 15) is 14.4 Å². The van der Waals surface area contributed by atoms with Crippen LogP contribution >= 0.6 is 0 Å². The molecule has 2 aliphatic heterocycles. The number of hydrogen-bond acceptors (Lipinski definition) is 6. The lowest BCUT2D eigenvalue weighted by Crippen LogP contribution is -2.53. The zero-order valence-electron chi connectivity index (χ0n) is 17.9. The van der Waals surface area contributed by atoms with Crippen LogP contribution in [-0.2, 0) is 29.8 Å². The van der Waals surface area contributed by atoms with Crippen LogP contribution in [0.3, 0.4) is 0 Å². The van der Waals surface area contributed by atoms with Crippen LogP contribution in [-0.4, -0.2) is 55.4 Å². The number of amides is 4. The van der Waals surface area contributed by atoms with E-state index < -0.39 is 11.6 Å². The summed E-state index contributed by atoms with van der Waals surface area (Å²) < 4.78 is 11.4. The van der Waals surface area contributed by atoms with Crippen molar-refractivity contribution in [2.45, 2.75) is 32.0 Å². The van der Waals surface area contributed by atoms with Gasteiger partial charge in [-0.2, -0.15) is 0 Å². The maximum absolute atomic E-state index is 13.1. The number of rotatable bonds is 6. The van der Waals surface area contributed by atoms with Crippen molar-refractivity contribution >= 4 is 18.3 Å². The van der Waals surface area contributed by atoms with Gasteiger partial charge in [0.25, 0.3) is 5.91 Å². The Morgan fingerprint density at radius 1 is 1.29 bits per heavy atom. The summed E-state index contributed by atoms with van der Waals surface area (Å²) in [6.45, 7) is 3.98. The number of imide groups is 1. The van der Waals surface area contributed by atoms with Gasteiger partial charge in [0.2, 0.25) is 6.41 Å². The zero-order chi connectivity index (χ0) is 22.2. The molecular weight excluding hydrogens is 400 g/mol. The maximum atomic E-state index is 13.1. The largest absolute Gasteiger partial charge is 0.497 e. The van der Waals surface area contributed by atoms with E-state index in [0.29, 0.717) is 36.6 Å². The molecule has 0 aliphatic carbocycles. The van der Waals surface area contributed by atoms with E-state index >= 15 is 0 Å². The molecule has 2 N–H and O–H groups in total. The Labute approximate surface area is 180 Å². The van der Waals surface area contributed by atoms with Crippen molar-refractivity contribution in [3.05, 3.63) is 52.5 Å². The monoisotopic (exact) mass is 426 g/mol. The summed E-state index contributed by atoms with van der Waals surface area (Å²) in [7, 11) is 3.58. The normalized spacial score (nSPS) is 17.5. The number of furan rings is 1. The number of carbonyl (C=O) groups excluding carboxylic acids is 3. The van der Waals surface area contributed by atoms with Gasteiger partial charge < -0.3 is 19.4 Å². The number of likely N-dealkylation sites (N-methyl/N-ethyl adjacent to an activating group) is 1. The molecule has 31 heavy (non-hydrogen) atoms. The number of nitrogens with one attached hydrogen (secondary N) is 2. The van der Waals surface area contributed by atoms with Crippen molar-refractivity contribution in [3.8, 4) is 5.75 Å². The quantitative estimate of drug-likeness (QED) is 0.680. The summed E-state index contributed by atoms with van der Waals surface area (Å²) in [5, 5.41) is 4.93. The average molecular weight is 426 g/mol. The molecule has 9 heteroatoms. The van der Waals surface area contributed by atoms with Crippen molar-refractivity contribution in [2.24, 2.45) is 0 Å². The van der Waals surface area contributed by atoms with Gasteiger partial charge in [-0.1, -0.05) is 6.07 Å². The van der Waals surface area contributed by atoms with Crippen LogP contribution in [0.5, 0.6) is 5.75 Å². The Bertz CT molecular complexity index is 1030. The molecule has 0 saturated heterocycles. The molecule has 0 bridgehead atoms. The molecule has 9 nitrogen and oxygen atoms in total. The van der Waals surface area contributed by atoms with Gasteiger partial charge >= 0.3 is 6.03 Å². The first-order chi connectivity index (χ1) is 14.8. The highest BCUT2D eigenvalue weighted by molar-refractivity contribution is 5.98. The molecule has 0 spiro atoms. The topological polar surface area (TPSA) is 104 Å². The van der Waals surface area contributed by atoms with Gasteiger partial charge in [0, 0.05) is 18.7 Å². The van der Waals surface area contributed by atoms with E-state index in [0.717, 1.165) is 29.9 Å². The minimum Gasteiger partial charge on any atom is -0.497 e. The predicted octanol–water partition coefficient (Wildman–Crippen LogP) is 1.60. The smallest absolute Gasteiger partial charge is 0.322 e. The van der Waals surface area contributed by atoms with Gasteiger partial charge in [-0.15, -0.1) is 0 Å². The molecular formula is C22H26N4O5. The first-order valence-corrected chi connectivity index (χ1v) is 10.1. The average Bonchev–Trinajstić information content (AvgIpc) is 3.29. The molecule has 0 radical (unpaired) electrons. The van der Waals surface area contributed by atoms with Gasteiger partial charge in [0.1, 0.15) is 22.8 Å².